The van der Waals surface area contributed by atoms with Crippen molar-refractivity contribution in [3.05, 3.63) is 34.9 Å². The molecular formula is C17H26N2O. The van der Waals surface area contributed by atoms with Gasteiger partial charge < -0.3 is 10.6 Å². The molecule has 20 heavy (non-hydrogen) atoms. The SMILES string of the molecule is Cc1ccc(C(C)NC(=O)C2(C)CCCNC2)c(C)c1. The van der Waals surface area contributed by atoms with Crippen LogP contribution >= 0.6 is 0 Å². The zero-order valence-electron chi connectivity index (χ0n) is 13.0. The summed E-state index contributed by atoms with van der Waals surface area (Å²) in [5, 5.41) is 6.52. The maximum Gasteiger partial charge on any atom is 0.227 e. The predicted octanol–water partition coefficient (Wildman–Crippen LogP) is 2.87. The third-order valence-corrected chi connectivity index (χ3v) is 4.38. The number of carbonyl (C=O) groups is 1. The van der Waals surface area contributed by atoms with Crippen molar-refractivity contribution in [1.29, 1.82) is 0 Å². The highest BCUT2D eigenvalue weighted by Crippen LogP contribution is 2.27. The number of hydrogen-bond acceptors (Lipinski definition) is 2. The van der Waals surface area contributed by atoms with Crippen molar-refractivity contribution in [3.63, 3.8) is 0 Å². The van der Waals surface area contributed by atoms with Crippen LogP contribution in [-0.2, 0) is 4.79 Å². The minimum Gasteiger partial charge on any atom is -0.349 e. The summed E-state index contributed by atoms with van der Waals surface area (Å²) >= 11 is 0. The maximum atomic E-state index is 12.5. The summed E-state index contributed by atoms with van der Waals surface area (Å²) in [7, 11) is 0. The van der Waals surface area contributed by atoms with Crippen LogP contribution in [0.5, 0.6) is 0 Å². The van der Waals surface area contributed by atoms with Crippen LogP contribution in [-0.4, -0.2) is 19.0 Å². The fraction of sp³-hybridized carbons (Fsp3) is 0.588. The standard InChI is InChI=1S/C17H26N2O/c1-12-6-7-15(13(2)10-12)14(3)19-16(20)17(4)8-5-9-18-11-17/h6-7,10,14,18H,5,8-9,11H2,1-4H3,(H,19,20). The molecule has 1 saturated heterocycles. The summed E-state index contributed by atoms with van der Waals surface area (Å²) in [5.74, 6) is 0.164. The summed E-state index contributed by atoms with van der Waals surface area (Å²) in [5.41, 5.74) is 3.43. The smallest absolute Gasteiger partial charge is 0.227 e. The zero-order valence-corrected chi connectivity index (χ0v) is 13.0. The topological polar surface area (TPSA) is 41.1 Å². The Morgan fingerprint density at radius 3 is 2.75 bits per heavy atom. The molecule has 1 aliphatic heterocycles. The molecule has 3 nitrogen and oxygen atoms in total. The molecule has 0 spiro atoms. The Morgan fingerprint density at radius 1 is 1.40 bits per heavy atom. The fourth-order valence-electron chi connectivity index (χ4n) is 3.01. The van der Waals surface area contributed by atoms with Crippen LogP contribution in [0.4, 0.5) is 0 Å². The molecule has 1 heterocycles. The van der Waals surface area contributed by atoms with Gasteiger partial charge in [0, 0.05) is 6.54 Å². The second-order valence-electron chi connectivity index (χ2n) is 6.40. The van der Waals surface area contributed by atoms with Gasteiger partial charge in [-0.3, -0.25) is 4.79 Å². The van der Waals surface area contributed by atoms with E-state index in [0.717, 1.165) is 25.9 Å². The average Bonchev–Trinajstić information content (AvgIpc) is 2.39. The molecule has 0 bridgehead atoms. The third kappa shape index (κ3) is 3.21. The Labute approximate surface area is 122 Å². The molecule has 0 saturated carbocycles. The Hall–Kier alpha value is -1.35. The summed E-state index contributed by atoms with van der Waals surface area (Å²) in [6.45, 7) is 10.1. The lowest BCUT2D eigenvalue weighted by Crippen LogP contribution is -2.49. The lowest BCUT2D eigenvalue weighted by atomic mass is 9.81. The van der Waals surface area contributed by atoms with E-state index in [4.69, 9.17) is 0 Å². The van der Waals surface area contributed by atoms with Gasteiger partial charge in [-0.1, -0.05) is 23.8 Å². The first-order valence-corrected chi connectivity index (χ1v) is 7.51. The molecule has 2 rings (SSSR count). The summed E-state index contributed by atoms with van der Waals surface area (Å²) < 4.78 is 0. The second-order valence-corrected chi connectivity index (χ2v) is 6.40. The molecule has 0 aliphatic carbocycles. The van der Waals surface area contributed by atoms with Crippen molar-refractivity contribution in [1.82, 2.24) is 10.6 Å². The van der Waals surface area contributed by atoms with Crippen molar-refractivity contribution in [2.24, 2.45) is 5.41 Å². The molecule has 2 N–H and O–H groups in total. The van der Waals surface area contributed by atoms with Crippen molar-refractivity contribution in [2.75, 3.05) is 13.1 Å². The zero-order chi connectivity index (χ0) is 14.8. The normalized spacial score (nSPS) is 24.2. The number of nitrogens with one attached hydrogen (secondary N) is 2. The largest absolute Gasteiger partial charge is 0.349 e. The lowest BCUT2D eigenvalue weighted by Gasteiger charge is -2.34. The first-order valence-electron chi connectivity index (χ1n) is 7.51. The highest BCUT2D eigenvalue weighted by atomic mass is 16.2. The van der Waals surface area contributed by atoms with Gasteiger partial charge in [0.15, 0.2) is 0 Å². The fourth-order valence-corrected chi connectivity index (χ4v) is 3.01. The van der Waals surface area contributed by atoms with Crippen molar-refractivity contribution in [3.8, 4) is 0 Å². The van der Waals surface area contributed by atoms with Gasteiger partial charge >= 0.3 is 0 Å². The number of benzene rings is 1. The molecule has 0 radical (unpaired) electrons. The Kier molecular flexibility index (Phi) is 4.48. The Morgan fingerprint density at radius 2 is 2.15 bits per heavy atom. The van der Waals surface area contributed by atoms with Gasteiger partial charge in [0.2, 0.25) is 5.91 Å². The van der Waals surface area contributed by atoms with Gasteiger partial charge in [0.1, 0.15) is 0 Å². The summed E-state index contributed by atoms with van der Waals surface area (Å²) in [4.78, 5) is 12.5. The quantitative estimate of drug-likeness (QED) is 0.890. The lowest BCUT2D eigenvalue weighted by molar-refractivity contribution is -0.131. The van der Waals surface area contributed by atoms with E-state index < -0.39 is 0 Å². The van der Waals surface area contributed by atoms with Crippen LogP contribution in [0.15, 0.2) is 18.2 Å². The van der Waals surface area contributed by atoms with Crippen LogP contribution in [0, 0.1) is 19.3 Å². The van der Waals surface area contributed by atoms with E-state index in [1.807, 2.05) is 0 Å². The average molecular weight is 274 g/mol. The van der Waals surface area contributed by atoms with Gasteiger partial charge in [0.05, 0.1) is 11.5 Å². The molecule has 0 aromatic heterocycles. The van der Waals surface area contributed by atoms with Crippen LogP contribution in [0.25, 0.3) is 0 Å². The van der Waals surface area contributed by atoms with E-state index in [-0.39, 0.29) is 17.4 Å². The second kappa shape index (κ2) is 5.96. The van der Waals surface area contributed by atoms with Crippen LogP contribution in [0.3, 0.4) is 0 Å². The predicted molar refractivity (Wildman–Crippen MR) is 82.7 cm³/mol. The maximum absolute atomic E-state index is 12.5. The number of rotatable bonds is 3. The van der Waals surface area contributed by atoms with Crippen LogP contribution < -0.4 is 10.6 Å². The minimum absolute atomic E-state index is 0.0573. The monoisotopic (exact) mass is 274 g/mol. The van der Waals surface area contributed by atoms with Crippen LogP contribution in [0.2, 0.25) is 0 Å². The first-order chi connectivity index (χ1) is 9.42. The number of carbonyl (C=O) groups excluding carboxylic acids is 1. The molecule has 2 atom stereocenters. The van der Waals surface area contributed by atoms with Crippen molar-refractivity contribution in [2.45, 2.75) is 46.6 Å². The molecule has 1 aliphatic rings. The van der Waals surface area contributed by atoms with Gasteiger partial charge in [-0.25, -0.2) is 0 Å². The highest BCUT2D eigenvalue weighted by Gasteiger charge is 2.35. The molecule has 1 fully saturated rings. The third-order valence-electron chi connectivity index (χ3n) is 4.38. The molecule has 2 unspecified atom stereocenters. The highest BCUT2D eigenvalue weighted by molar-refractivity contribution is 5.83. The molecule has 1 aromatic rings. The van der Waals surface area contributed by atoms with Crippen molar-refractivity contribution >= 4 is 5.91 Å². The molecule has 1 amide bonds. The first kappa shape index (κ1) is 15.0. The van der Waals surface area contributed by atoms with E-state index >= 15 is 0 Å². The van der Waals surface area contributed by atoms with Gasteiger partial charge in [-0.2, -0.15) is 0 Å². The van der Waals surface area contributed by atoms with Crippen molar-refractivity contribution < 1.29 is 4.79 Å². The molecule has 110 valence electrons. The number of piperidine rings is 1. The number of aryl methyl sites for hydroxylation is 2. The Balaban J connectivity index is 2.07. The molecule has 1 aromatic carbocycles. The summed E-state index contributed by atoms with van der Waals surface area (Å²) in [6, 6.07) is 6.45. The van der Waals surface area contributed by atoms with Crippen LogP contribution in [0.1, 0.15) is 49.4 Å². The summed E-state index contributed by atoms with van der Waals surface area (Å²) in [6.07, 6.45) is 2.04. The molecule has 3 heteroatoms. The minimum atomic E-state index is -0.273. The van der Waals surface area contributed by atoms with Gasteiger partial charge in [0.25, 0.3) is 0 Å². The molecular weight excluding hydrogens is 248 g/mol. The van der Waals surface area contributed by atoms with E-state index in [0.29, 0.717) is 0 Å². The van der Waals surface area contributed by atoms with E-state index in [9.17, 15) is 4.79 Å². The van der Waals surface area contributed by atoms with E-state index in [1.54, 1.807) is 0 Å². The number of amides is 1. The van der Waals surface area contributed by atoms with Gasteiger partial charge in [-0.15, -0.1) is 0 Å². The van der Waals surface area contributed by atoms with E-state index in [2.05, 4.69) is 56.5 Å². The van der Waals surface area contributed by atoms with Gasteiger partial charge in [-0.05, 0) is 58.2 Å². The number of hydrogen-bond donors (Lipinski definition) is 2. The Bertz CT molecular complexity index is 490. The van der Waals surface area contributed by atoms with E-state index in [1.165, 1.54) is 16.7 Å².